The molecule has 0 aliphatic heterocycles. The Bertz CT molecular complexity index is 1250. The molecule has 0 fully saturated rings. The summed E-state index contributed by atoms with van der Waals surface area (Å²) in [5.41, 5.74) is 4.79. The van der Waals surface area contributed by atoms with Gasteiger partial charge in [0, 0.05) is 53.2 Å². The minimum atomic E-state index is -0.137. The monoisotopic (exact) mass is 400 g/mol. The second-order valence-electron chi connectivity index (χ2n) is 7.91. The SMILES string of the molecule is Cc1ccc(COc2ccn(-c3ccc4c5c(oc4c3)CCCCC5)c(=O)c2)cn1. The van der Waals surface area contributed by atoms with E-state index in [1.165, 1.54) is 36.3 Å². The number of nitrogens with zero attached hydrogens (tertiary/aromatic N) is 2. The molecule has 5 nitrogen and oxygen atoms in total. The van der Waals surface area contributed by atoms with Crippen LogP contribution in [0.2, 0.25) is 0 Å². The van der Waals surface area contributed by atoms with Crippen LogP contribution in [-0.4, -0.2) is 9.55 Å². The average molecular weight is 400 g/mol. The molecule has 0 saturated carbocycles. The first-order chi connectivity index (χ1) is 14.7. The summed E-state index contributed by atoms with van der Waals surface area (Å²) in [5.74, 6) is 1.66. The van der Waals surface area contributed by atoms with E-state index in [9.17, 15) is 4.79 Å². The van der Waals surface area contributed by atoms with Crippen LogP contribution in [0.25, 0.3) is 16.7 Å². The van der Waals surface area contributed by atoms with Gasteiger partial charge in [-0.3, -0.25) is 14.3 Å². The van der Waals surface area contributed by atoms with Crippen molar-refractivity contribution in [2.45, 2.75) is 45.6 Å². The Morgan fingerprint density at radius 2 is 1.97 bits per heavy atom. The van der Waals surface area contributed by atoms with Crippen LogP contribution in [0.1, 0.15) is 41.8 Å². The van der Waals surface area contributed by atoms with Crippen LogP contribution in [-0.2, 0) is 19.4 Å². The summed E-state index contributed by atoms with van der Waals surface area (Å²) in [6, 6.07) is 13.3. The molecule has 3 aromatic heterocycles. The van der Waals surface area contributed by atoms with E-state index in [2.05, 4.69) is 11.1 Å². The predicted octanol–water partition coefficient (Wildman–Crippen LogP) is 5.14. The van der Waals surface area contributed by atoms with Gasteiger partial charge in [0.15, 0.2) is 0 Å². The van der Waals surface area contributed by atoms with Gasteiger partial charge < -0.3 is 9.15 Å². The minimum Gasteiger partial charge on any atom is -0.489 e. The van der Waals surface area contributed by atoms with Crippen LogP contribution in [0.5, 0.6) is 5.75 Å². The quantitative estimate of drug-likeness (QED) is 0.445. The van der Waals surface area contributed by atoms with E-state index in [1.54, 1.807) is 17.0 Å². The summed E-state index contributed by atoms with van der Waals surface area (Å²) >= 11 is 0. The zero-order valence-corrected chi connectivity index (χ0v) is 17.1. The zero-order chi connectivity index (χ0) is 20.5. The van der Waals surface area contributed by atoms with Crippen LogP contribution in [0.3, 0.4) is 0 Å². The highest BCUT2D eigenvalue weighted by Crippen LogP contribution is 2.32. The molecule has 0 bridgehead atoms. The summed E-state index contributed by atoms with van der Waals surface area (Å²) in [6.45, 7) is 2.32. The molecule has 4 aromatic rings. The molecule has 0 spiro atoms. The number of fused-ring (bicyclic) bond motifs is 3. The van der Waals surface area contributed by atoms with Crippen LogP contribution in [0.4, 0.5) is 0 Å². The summed E-state index contributed by atoms with van der Waals surface area (Å²) in [5, 5.41) is 1.18. The summed E-state index contributed by atoms with van der Waals surface area (Å²) in [7, 11) is 0. The van der Waals surface area contributed by atoms with Crippen molar-refractivity contribution in [3.63, 3.8) is 0 Å². The number of aromatic nitrogens is 2. The van der Waals surface area contributed by atoms with E-state index in [0.717, 1.165) is 41.1 Å². The first-order valence-electron chi connectivity index (χ1n) is 10.5. The molecule has 5 heteroatoms. The maximum atomic E-state index is 12.7. The molecule has 0 radical (unpaired) electrons. The lowest BCUT2D eigenvalue weighted by molar-refractivity contribution is 0.304. The topological polar surface area (TPSA) is 57.3 Å². The number of rotatable bonds is 4. The maximum Gasteiger partial charge on any atom is 0.258 e. The summed E-state index contributed by atoms with van der Waals surface area (Å²) in [6.07, 6.45) is 9.26. The van der Waals surface area contributed by atoms with Crippen molar-refractivity contribution in [3.8, 4) is 11.4 Å². The van der Waals surface area contributed by atoms with Gasteiger partial charge in [0.1, 0.15) is 23.7 Å². The second-order valence-corrected chi connectivity index (χ2v) is 7.91. The smallest absolute Gasteiger partial charge is 0.258 e. The van der Waals surface area contributed by atoms with E-state index in [1.807, 2.05) is 37.3 Å². The van der Waals surface area contributed by atoms with Crippen molar-refractivity contribution in [1.82, 2.24) is 9.55 Å². The van der Waals surface area contributed by atoms with E-state index >= 15 is 0 Å². The molecule has 0 atom stereocenters. The molecule has 30 heavy (non-hydrogen) atoms. The first kappa shape index (κ1) is 18.7. The number of benzene rings is 1. The van der Waals surface area contributed by atoms with Crippen LogP contribution < -0.4 is 10.3 Å². The van der Waals surface area contributed by atoms with E-state index in [4.69, 9.17) is 9.15 Å². The molecule has 0 N–H and O–H groups in total. The number of hydrogen-bond donors (Lipinski definition) is 0. The van der Waals surface area contributed by atoms with E-state index in [0.29, 0.717) is 12.4 Å². The average Bonchev–Trinajstić information content (AvgIpc) is 2.93. The van der Waals surface area contributed by atoms with Crippen molar-refractivity contribution < 1.29 is 9.15 Å². The largest absolute Gasteiger partial charge is 0.489 e. The highest BCUT2D eigenvalue weighted by Gasteiger charge is 2.17. The standard InChI is InChI=1S/C25H24N2O3/c1-17-7-8-18(15-26-17)16-29-20-11-12-27(25(28)14-20)19-9-10-22-21-5-3-2-4-6-23(21)30-24(22)13-19/h7-15H,2-6,16H2,1H3. The lowest BCUT2D eigenvalue weighted by atomic mass is 10.1. The minimum absolute atomic E-state index is 0.137. The third-order valence-corrected chi connectivity index (χ3v) is 5.74. The predicted molar refractivity (Wildman–Crippen MR) is 116 cm³/mol. The van der Waals surface area contributed by atoms with Crippen molar-refractivity contribution in [3.05, 3.63) is 87.8 Å². The maximum absolute atomic E-state index is 12.7. The highest BCUT2D eigenvalue weighted by molar-refractivity contribution is 5.84. The lowest BCUT2D eigenvalue weighted by Gasteiger charge is -2.09. The van der Waals surface area contributed by atoms with Crippen molar-refractivity contribution >= 4 is 11.0 Å². The summed E-state index contributed by atoms with van der Waals surface area (Å²) < 4.78 is 13.5. The third kappa shape index (κ3) is 3.63. The van der Waals surface area contributed by atoms with Crippen LogP contribution in [0.15, 0.2) is 64.1 Å². The van der Waals surface area contributed by atoms with Gasteiger partial charge in [0.05, 0.1) is 5.69 Å². The van der Waals surface area contributed by atoms with E-state index < -0.39 is 0 Å². The Hall–Kier alpha value is -3.34. The van der Waals surface area contributed by atoms with Gasteiger partial charge in [-0.2, -0.15) is 0 Å². The number of furan rings is 1. The molecule has 5 rings (SSSR count). The van der Waals surface area contributed by atoms with Gasteiger partial charge >= 0.3 is 0 Å². The fraction of sp³-hybridized carbons (Fsp3) is 0.280. The molecular weight excluding hydrogens is 376 g/mol. The van der Waals surface area contributed by atoms with Crippen molar-refractivity contribution in [1.29, 1.82) is 0 Å². The second kappa shape index (κ2) is 7.82. The van der Waals surface area contributed by atoms with Crippen molar-refractivity contribution in [2.75, 3.05) is 0 Å². The van der Waals surface area contributed by atoms with Gasteiger partial charge in [-0.25, -0.2) is 0 Å². The van der Waals surface area contributed by atoms with Gasteiger partial charge in [-0.15, -0.1) is 0 Å². The fourth-order valence-corrected chi connectivity index (χ4v) is 4.09. The fourth-order valence-electron chi connectivity index (χ4n) is 4.09. The normalized spacial score (nSPS) is 13.8. The molecule has 0 amide bonds. The molecule has 1 aliphatic carbocycles. The number of hydrogen-bond acceptors (Lipinski definition) is 4. The number of aryl methyl sites for hydroxylation is 3. The molecule has 152 valence electrons. The van der Waals surface area contributed by atoms with Crippen LogP contribution in [0, 0.1) is 6.92 Å². The van der Waals surface area contributed by atoms with Crippen molar-refractivity contribution in [2.24, 2.45) is 0 Å². The Morgan fingerprint density at radius 3 is 2.80 bits per heavy atom. The van der Waals surface area contributed by atoms with Gasteiger partial charge in [0.25, 0.3) is 5.56 Å². The molecule has 1 aromatic carbocycles. The number of pyridine rings is 2. The Labute approximate surface area is 174 Å². The third-order valence-electron chi connectivity index (χ3n) is 5.74. The van der Waals surface area contributed by atoms with Gasteiger partial charge in [-0.05, 0) is 50.5 Å². The molecule has 1 aliphatic rings. The van der Waals surface area contributed by atoms with Crippen LogP contribution >= 0.6 is 0 Å². The van der Waals surface area contributed by atoms with Gasteiger partial charge in [-0.1, -0.05) is 12.5 Å². The Balaban J connectivity index is 1.39. The Kier molecular flexibility index (Phi) is 4.87. The molecule has 0 unspecified atom stereocenters. The molecule has 0 saturated heterocycles. The van der Waals surface area contributed by atoms with E-state index in [-0.39, 0.29) is 5.56 Å². The summed E-state index contributed by atoms with van der Waals surface area (Å²) in [4.78, 5) is 17.0. The number of ether oxygens (including phenoxy) is 1. The first-order valence-corrected chi connectivity index (χ1v) is 10.5. The Morgan fingerprint density at radius 1 is 1.07 bits per heavy atom. The van der Waals surface area contributed by atoms with Gasteiger partial charge in [0.2, 0.25) is 0 Å². The highest BCUT2D eigenvalue weighted by atomic mass is 16.5. The zero-order valence-electron chi connectivity index (χ0n) is 17.1. The lowest BCUT2D eigenvalue weighted by Crippen LogP contribution is -2.16. The molecule has 3 heterocycles. The molecular formula is C25H24N2O3.